The molecule has 1 unspecified atom stereocenters. The third-order valence-corrected chi connectivity index (χ3v) is 3.63. The minimum Gasteiger partial charge on any atom is -0.481 e. The smallest absolute Gasteiger partial charge is 0.307 e. The van der Waals surface area contributed by atoms with Crippen molar-refractivity contribution in [2.45, 2.75) is 51.0 Å². The maximum absolute atomic E-state index is 11.6. The summed E-state index contributed by atoms with van der Waals surface area (Å²) in [5.41, 5.74) is 0. The lowest BCUT2D eigenvalue weighted by Gasteiger charge is -2.18. The fraction of sp³-hybridized carbons (Fsp3) is 0.833. The normalized spacial score (nSPS) is 23.0. The van der Waals surface area contributed by atoms with E-state index in [9.17, 15) is 9.59 Å². The van der Waals surface area contributed by atoms with Crippen LogP contribution in [0.4, 0.5) is 0 Å². The Kier molecular flexibility index (Phi) is 3.46. The second-order valence-electron chi connectivity index (χ2n) is 5.04. The number of nitrogens with one attached hydrogen (secondary N) is 1. The molecule has 0 aromatic heterocycles. The van der Waals surface area contributed by atoms with Crippen molar-refractivity contribution in [3.63, 3.8) is 0 Å². The highest BCUT2D eigenvalue weighted by Gasteiger charge is 2.33. The van der Waals surface area contributed by atoms with E-state index in [4.69, 9.17) is 5.11 Å². The van der Waals surface area contributed by atoms with Gasteiger partial charge in [0, 0.05) is 12.5 Å². The van der Waals surface area contributed by atoms with E-state index in [-0.39, 0.29) is 18.2 Å². The topological polar surface area (TPSA) is 66.4 Å². The molecule has 2 aliphatic rings. The summed E-state index contributed by atoms with van der Waals surface area (Å²) in [5, 5.41) is 12.0. The van der Waals surface area contributed by atoms with Gasteiger partial charge in [-0.15, -0.1) is 0 Å². The number of carbonyl (C=O) groups is 2. The van der Waals surface area contributed by atoms with Gasteiger partial charge in [0.05, 0.1) is 5.92 Å². The highest BCUT2D eigenvalue weighted by molar-refractivity contribution is 5.82. The number of hydrogen-bond acceptors (Lipinski definition) is 2. The molecule has 2 rings (SSSR count). The zero-order valence-electron chi connectivity index (χ0n) is 9.45. The van der Waals surface area contributed by atoms with E-state index < -0.39 is 11.9 Å². The molecule has 90 valence electrons. The van der Waals surface area contributed by atoms with Crippen LogP contribution in [0.2, 0.25) is 0 Å². The van der Waals surface area contributed by atoms with Gasteiger partial charge in [-0.05, 0) is 31.6 Å². The number of hydrogen-bond donors (Lipinski definition) is 2. The monoisotopic (exact) mass is 225 g/mol. The van der Waals surface area contributed by atoms with Crippen molar-refractivity contribution in [3.05, 3.63) is 0 Å². The molecule has 16 heavy (non-hydrogen) atoms. The van der Waals surface area contributed by atoms with Gasteiger partial charge in [0.15, 0.2) is 0 Å². The third-order valence-electron chi connectivity index (χ3n) is 3.63. The first-order valence-electron chi connectivity index (χ1n) is 6.19. The van der Waals surface area contributed by atoms with Crippen molar-refractivity contribution in [2.75, 3.05) is 0 Å². The van der Waals surface area contributed by atoms with E-state index in [1.54, 1.807) is 0 Å². The minimum atomic E-state index is -0.808. The Morgan fingerprint density at radius 2 is 1.81 bits per heavy atom. The highest BCUT2D eigenvalue weighted by Crippen LogP contribution is 2.33. The molecule has 0 bridgehead atoms. The van der Waals surface area contributed by atoms with E-state index >= 15 is 0 Å². The average Bonchev–Trinajstić information content (AvgIpc) is 2.87. The Morgan fingerprint density at radius 3 is 2.31 bits per heavy atom. The third kappa shape index (κ3) is 2.97. The van der Waals surface area contributed by atoms with Gasteiger partial charge in [-0.3, -0.25) is 9.59 Å². The Morgan fingerprint density at radius 1 is 1.19 bits per heavy atom. The van der Waals surface area contributed by atoms with Crippen molar-refractivity contribution in [1.29, 1.82) is 0 Å². The maximum Gasteiger partial charge on any atom is 0.307 e. The van der Waals surface area contributed by atoms with Gasteiger partial charge in [-0.25, -0.2) is 0 Å². The summed E-state index contributed by atoms with van der Waals surface area (Å²) >= 11 is 0. The summed E-state index contributed by atoms with van der Waals surface area (Å²) in [5.74, 6) is -1.15. The average molecular weight is 225 g/mol. The van der Waals surface area contributed by atoms with Crippen LogP contribution < -0.4 is 5.32 Å². The SMILES string of the molecule is O=C(CC(C(=O)O)C1CCCC1)NC1CC1. The zero-order valence-corrected chi connectivity index (χ0v) is 9.45. The molecule has 0 spiro atoms. The Bertz CT molecular complexity index is 280. The first-order chi connectivity index (χ1) is 7.66. The standard InChI is InChI=1S/C12H19NO3/c14-11(13-9-5-6-9)7-10(12(15)16)8-3-1-2-4-8/h8-10H,1-7H2,(H,13,14)(H,15,16). The largest absolute Gasteiger partial charge is 0.481 e. The fourth-order valence-corrected chi connectivity index (χ4v) is 2.53. The van der Waals surface area contributed by atoms with Gasteiger partial charge in [0.25, 0.3) is 0 Å². The first kappa shape index (κ1) is 11.4. The molecular formula is C12H19NO3. The lowest BCUT2D eigenvalue weighted by Crippen LogP contribution is -2.32. The second-order valence-corrected chi connectivity index (χ2v) is 5.04. The van der Waals surface area contributed by atoms with Crippen molar-refractivity contribution in [3.8, 4) is 0 Å². The predicted molar refractivity (Wildman–Crippen MR) is 58.9 cm³/mol. The van der Waals surface area contributed by atoms with Crippen LogP contribution in [0.5, 0.6) is 0 Å². The van der Waals surface area contributed by atoms with E-state index in [0.717, 1.165) is 38.5 Å². The van der Waals surface area contributed by atoms with Gasteiger partial charge < -0.3 is 10.4 Å². The lowest BCUT2D eigenvalue weighted by molar-refractivity contribution is -0.146. The van der Waals surface area contributed by atoms with Crippen LogP contribution in [0.15, 0.2) is 0 Å². The van der Waals surface area contributed by atoms with E-state index in [2.05, 4.69) is 5.32 Å². The van der Waals surface area contributed by atoms with Crippen LogP contribution in [-0.2, 0) is 9.59 Å². The molecule has 4 nitrogen and oxygen atoms in total. The number of rotatable bonds is 5. The quantitative estimate of drug-likeness (QED) is 0.746. The molecule has 0 saturated heterocycles. The lowest BCUT2D eigenvalue weighted by atomic mass is 9.88. The van der Waals surface area contributed by atoms with Crippen LogP contribution in [-0.4, -0.2) is 23.0 Å². The number of carbonyl (C=O) groups excluding carboxylic acids is 1. The highest BCUT2D eigenvalue weighted by atomic mass is 16.4. The Labute approximate surface area is 95.4 Å². The molecule has 0 aliphatic heterocycles. The van der Waals surface area contributed by atoms with Crippen molar-refractivity contribution in [2.24, 2.45) is 11.8 Å². The summed E-state index contributed by atoms with van der Waals surface area (Å²) in [6, 6.07) is 0.325. The van der Waals surface area contributed by atoms with Gasteiger partial charge in [-0.2, -0.15) is 0 Å². The molecule has 0 aromatic carbocycles. The molecular weight excluding hydrogens is 206 g/mol. The molecule has 2 N–H and O–H groups in total. The van der Waals surface area contributed by atoms with E-state index in [1.165, 1.54) is 0 Å². The molecule has 2 aliphatic carbocycles. The van der Waals surface area contributed by atoms with E-state index in [1.807, 2.05) is 0 Å². The van der Waals surface area contributed by atoms with Gasteiger partial charge in [0.1, 0.15) is 0 Å². The minimum absolute atomic E-state index is 0.0817. The van der Waals surface area contributed by atoms with Crippen LogP contribution in [0, 0.1) is 11.8 Å². The molecule has 0 aromatic rings. The number of carboxylic acids is 1. The van der Waals surface area contributed by atoms with Crippen LogP contribution in [0.25, 0.3) is 0 Å². The van der Waals surface area contributed by atoms with Crippen LogP contribution in [0.3, 0.4) is 0 Å². The maximum atomic E-state index is 11.6. The number of amides is 1. The molecule has 2 fully saturated rings. The van der Waals surface area contributed by atoms with Gasteiger partial charge in [-0.1, -0.05) is 12.8 Å². The van der Waals surface area contributed by atoms with Crippen molar-refractivity contribution < 1.29 is 14.7 Å². The molecule has 2 saturated carbocycles. The second kappa shape index (κ2) is 4.85. The predicted octanol–water partition coefficient (Wildman–Crippen LogP) is 1.55. The molecule has 1 amide bonds. The Hall–Kier alpha value is -1.06. The summed E-state index contributed by atoms with van der Waals surface area (Å²) in [7, 11) is 0. The fourth-order valence-electron chi connectivity index (χ4n) is 2.53. The summed E-state index contributed by atoms with van der Waals surface area (Å²) in [6.07, 6.45) is 6.41. The molecule has 1 atom stereocenters. The summed E-state index contributed by atoms with van der Waals surface area (Å²) in [6.45, 7) is 0. The van der Waals surface area contributed by atoms with Crippen molar-refractivity contribution in [1.82, 2.24) is 5.32 Å². The van der Waals surface area contributed by atoms with Crippen LogP contribution >= 0.6 is 0 Å². The molecule has 0 radical (unpaired) electrons. The summed E-state index contributed by atoms with van der Waals surface area (Å²) < 4.78 is 0. The number of aliphatic carboxylic acids is 1. The van der Waals surface area contributed by atoms with E-state index in [0.29, 0.717) is 6.04 Å². The first-order valence-corrected chi connectivity index (χ1v) is 6.19. The van der Waals surface area contributed by atoms with Gasteiger partial charge >= 0.3 is 5.97 Å². The zero-order chi connectivity index (χ0) is 11.5. The number of carboxylic acid groups (broad SMARTS) is 1. The van der Waals surface area contributed by atoms with Crippen LogP contribution in [0.1, 0.15) is 44.9 Å². The Balaban J connectivity index is 1.85. The summed E-state index contributed by atoms with van der Waals surface area (Å²) in [4.78, 5) is 22.7. The molecule has 0 heterocycles. The van der Waals surface area contributed by atoms with Gasteiger partial charge in [0.2, 0.25) is 5.91 Å². The molecule has 4 heteroatoms. The van der Waals surface area contributed by atoms with Crippen molar-refractivity contribution >= 4 is 11.9 Å².